The first-order valence-electron chi connectivity index (χ1n) is 4.35. The summed E-state index contributed by atoms with van der Waals surface area (Å²) in [6.45, 7) is 0.942. The van der Waals surface area contributed by atoms with E-state index in [1.54, 1.807) is 0 Å². The Balaban J connectivity index is 2.11. The number of carbonyl (C=O) groups excluding carboxylic acids is 1. The van der Waals surface area contributed by atoms with E-state index in [0.717, 1.165) is 19.4 Å². The molecular weight excluding hydrogens is 140 g/mol. The summed E-state index contributed by atoms with van der Waals surface area (Å²) in [4.78, 5) is 13.3. The van der Waals surface area contributed by atoms with E-state index in [1.807, 2.05) is 4.90 Å². The minimum Gasteiger partial charge on any atom is -0.338 e. The summed E-state index contributed by atoms with van der Waals surface area (Å²) >= 11 is 0. The fourth-order valence-electron chi connectivity index (χ4n) is 2.14. The van der Waals surface area contributed by atoms with Crippen LogP contribution >= 0.6 is 0 Å². The lowest BCUT2D eigenvalue weighted by Crippen LogP contribution is -2.39. The topological polar surface area (TPSA) is 46.3 Å². The standard InChI is InChI=1S/C8H14N2O/c9-7-5-6-3-1-2-4-10(6)8(7)11/h6-7H,1-5,9H2/t6-,7-/m0/s1. The van der Waals surface area contributed by atoms with Crippen molar-refractivity contribution in [1.29, 1.82) is 0 Å². The quantitative estimate of drug-likeness (QED) is 0.538. The Morgan fingerprint density at radius 3 is 3.00 bits per heavy atom. The lowest BCUT2D eigenvalue weighted by Gasteiger charge is -2.28. The van der Waals surface area contributed by atoms with Gasteiger partial charge in [0.15, 0.2) is 0 Å². The van der Waals surface area contributed by atoms with E-state index >= 15 is 0 Å². The molecule has 0 aliphatic carbocycles. The molecule has 0 saturated carbocycles. The van der Waals surface area contributed by atoms with Crippen LogP contribution in [-0.4, -0.2) is 29.4 Å². The van der Waals surface area contributed by atoms with E-state index in [4.69, 9.17) is 5.73 Å². The molecule has 2 N–H and O–H groups in total. The Kier molecular flexibility index (Phi) is 1.60. The van der Waals surface area contributed by atoms with Crippen LogP contribution in [0.15, 0.2) is 0 Å². The van der Waals surface area contributed by atoms with Crippen molar-refractivity contribution < 1.29 is 4.79 Å². The van der Waals surface area contributed by atoms with Gasteiger partial charge >= 0.3 is 0 Å². The third-order valence-corrected chi connectivity index (χ3v) is 2.75. The summed E-state index contributed by atoms with van der Waals surface area (Å²) in [6, 6.07) is 0.282. The molecule has 0 spiro atoms. The number of carbonyl (C=O) groups is 1. The Labute approximate surface area is 66.5 Å². The van der Waals surface area contributed by atoms with Crippen molar-refractivity contribution in [3.63, 3.8) is 0 Å². The second-order valence-electron chi connectivity index (χ2n) is 3.52. The molecule has 2 aliphatic rings. The van der Waals surface area contributed by atoms with Gasteiger partial charge in [0.05, 0.1) is 6.04 Å². The average molecular weight is 154 g/mol. The molecule has 0 unspecified atom stereocenters. The van der Waals surface area contributed by atoms with E-state index in [-0.39, 0.29) is 11.9 Å². The van der Waals surface area contributed by atoms with Crippen LogP contribution in [0.3, 0.4) is 0 Å². The zero-order valence-electron chi connectivity index (χ0n) is 6.62. The molecule has 3 heteroatoms. The SMILES string of the molecule is N[C@H]1C[C@@H]2CCCCN2C1=O. The van der Waals surface area contributed by atoms with Gasteiger partial charge in [0, 0.05) is 12.6 Å². The molecule has 62 valence electrons. The molecule has 0 radical (unpaired) electrons. The van der Waals surface area contributed by atoms with Crippen LogP contribution < -0.4 is 5.73 Å². The zero-order chi connectivity index (χ0) is 7.84. The summed E-state index contributed by atoms with van der Waals surface area (Å²) in [7, 11) is 0. The Morgan fingerprint density at radius 1 is 1.45 bits per heavy atom. The molecule has 1 amide bonds. The summed E-state index contributed by atoms with van der Waals surface area (Å²) in [6.07, 6.45) is 4.48. The molecule has 2 aliphatic heterocycles. The third-order valence-electron chi connectivity index (χ3n) is 2.75. The highest BCUT2D eigenvalue weighted by atomic mass is 16.2. The van der Waals surface area contributed by atoms with Crippen molar-refractivity contribution in [3.05, 3.63) is 0 Å². The lowest BCUT2D eigenvalue weighted by atomic mass is 10.0. The van der Waals surface area contributed by atoms with Crippen LogP contribution in [-0.2, 0) is 4.79 Å². The number of hydrogen-bond donors (Lipinski definition) is 1. The van der Waals surface area contributed by atoms with Crippen LogP contribution in [0.25, 0.3) is 0 Å². The van der Waals surface area contributed by atoms with Gasteiger partial charge in [-0.2, -0.15) is 0 Å². The van der Waals surface area contributed by atoms with Gasteiger partial charge in [-0.1, -0.05) is 0 Å². The maximum Gasteiger partial charge on any atom is 0.239 e. The maximum absolute atomic E-state index is 11.3. The first kappa shape index (κ1) is 7.10. The first-order chi connectivity index (χ1) is 5.29. The first-order valence-corrected chi connectivity index (χ1v) is 4.35. The molecule has 2 rings (SSSR count). The fraction of sp³-hybridized carbons (Fsp3) is 0.875. The normalized spacial score (nSPS) is 37.5. The van der Waals surface area contributed by atoms with E-state index in [0.29, 0.717) is 6.04 Å². The van der Waals surface area contributed by atoms with Gasteiger partial charge in [-0.15, -0.1) is 0 Å². The maximum atomic E-state index is 11.3. The van der Waals surface area contributed by atoms with Crippen LogP contribution in [0.5, 0.6) is 0 Å². The van der Waals surface area contributed by atoms with Gasteiger partial charge < -0.3 is 10.6 Å². The summed E-state index contributed by atoms with van der Waals surface area (Å²) in [5.41, 5.74) is 5.65. The highest BCUT2D eigenvalue weighted by Gasteiger charge is 2.37. The van der Waals surface area contributed by atoms with Crippen molar-refractivity contribution >= 4 is 5.91 Å². The van der Waals surface area contributed by atoms with Crippen molar-refractivity contribution in [2.75, 3.05) is 6.54 Å². The molecule has 3 nitrogen and oxygen atoms in total. The molecule has 0 aromatic rings. The number of rotatable bonds is 0. The summed E-state index contributed by atoms with van der Waals surface area (Å²) in [5.74, 6) is 0.176. The average Bonchev–Trinajstić information content (AvgIpc) is 2.30. The molecule has 2 fully saturated rings. The fourth-order valence-corrected chi connectivity index (χ4v) is 2.14. The van der Waals surface area contributed by atoms with Gasteiger partial charge in [0.25, 0.3) is 0 Å². The van der Waals surface area contributed by atoms with Gasteiger partial charge in [-0.05, 0) is 25.7 Å². The van der Waals surface area contributed by atoms with Gasteiger partial charge in [0.2, 0.25) is 5.91 Å². The zero-order valence-corrected chi connectivity index (χ0v) is 6.62. The van der Waals surface area contributed by atoms with E-state index in [2.05, 4.69) is 0 Å². The van der Waals surface area contributed by atoms with Gasteiger partial charge in [-0.25, -0.2) is 0 Å². The molecule has 0 aromatic carbocycles. The van der Waals surface area contributed by atoms with Gasteiger partial charge in [-0.3, -0.25) is 4.79 Å². The Morgan fingerprint density at radius 2 is 2.27 bits per heavy atom. The number of nitrogens with two attached hydrogens (primary N) is 1. The number of piperidine rings is 1. The predicted octanol–water partition coefficient (Wildman–Crippen LogP) is 0.0985. The Bertz CT molecular complexity index is 181. The van der Waals surface area contributed by atoms with E-state index < -0.39 is 0 Å². The predicted molar refractivity (Wildman–Crippen MR) is 41.9 cm³/mol. The molecule has 2 saturated heterocycles. The van der Waals surface area contributed by atoms with E-state index in [9.17, 15) is 4.79 Å². The van der Waals surface area contributed by atoms with Gasteiger partial charge in [0.1, 0.15) is 0 Å². The number of hydrogen-bond acceptors (Lipinski definition) is 2. The monoisotopic (exact) mass is 154 g/mol. The number of amides is 1. The molecule has 0 bridgehead atoms. The second kappa shape index (κ2) is 2.48. The molecule has 2 atom stereocenters. The molecule has 0 aromatic heterocycles. The van der Waals surface area contributed by atoms with Crippen LogP contribution in [0.2, 0.25) is 0 Å². The van der Waals surface area contributed by atoms with E-state index in [1.165, 1.54) is 12.8 Å². The van der Waals surface area contributed by atoms with Crippen LogP contribution in [0.4, 0.5) is 0 Å². The smallest absolute Gasteiger partial charge is 0.239 e. The largest absolute Gasteiger partial charge is 0.338 e. The minimum atomic E-state index is -0.196. The highest BCUT2D eigenvalue weighted by molar-refractivity contribution is 5.84. The van der Waals surface area contributed by atoms with Crippen LogP contribution in [0.1, 0.15) is 25.7 Å². The molecule has 2 heterocycles. The third kappa shape index (κ3) is 1.03. The van der Waals surface area contributed by atoms with Crippen molar-refractivity contribution in [2.45, 2.75) is 37.8 Å². The second-order valence-corrected chi connectivity index (χ2v) is 3.52. The van der Waals surface area contributed by atoms with Crippen molar-refractivity contribution in [3.8, 4) is 0 Å². The summed E-state index contributed by atoms with van der Waals surface area (Å²) < 4.78 is 0. The lowest BCUT2D eigenvalue weighted by molar-refractivity contribution is -0.130. The molecular formula is C8H14N2O. The number of fused-ring (bicyclic) bond motifs is 1. The Hall–Kier alpha value is -0.570. The molecule has 11 heavy (non-hydrogen) atoms. The minimum absolute atomic E-state index is 0.176. The van der Waals surface area contributed by atoms with Crippen LogP contribution in [0, 0.1) is 0 Å². The number of nitrogens with zero attached hydrogens (tertiary/aromatic N) is 1. The van der Waals surface area contributed by atoms with Crippen molar-refractivity contribution in [1.82, 2.24) is 4.90 Å². The summed E-state index contributed by atoms with van der Waals surface area (Å²) in [5, 5.41) is 0. The highest BCUT2D eigenvalue weighted by Crippen LogP contribution is 2.26. The van der Waals surface area contributed by atoms with Crippen molar-refractivity contribution in [2.24, 2.45) is 5.73 Å².